The fraction of sp³-hybridized carbons (Fsp3) is 0.320. The van der Waals surface area contributed by atoms with Gasteiger partial charge in [0.05, 0.1) is 22.0 Å². The van der Waals surface area contributed by atoms with Crippen LogP contribution < -0.4 is 5.73 Å². The van der Waals surface area contributed by atoms with E-state index in [4.69, 9.17) is 10.8 Å². The van der Waals surface area contributed by atoms with Crippen molar-refractivity contribution in [2.24, 2.45) is 5.92 Å². The molecule has 0 radical (unpaired) electrons. The van der Waals surface area contributed by atoms with Crippen molar-refractivity contribution in [2.75, 3.05) is 5.73 Å². The molecule has 0 bridgehead atoms. The number of nitrogen functional groups attached to an aromatic ring is 1. The summed E-state index contributed by atoms with van der Waals surface area (Å²) in [5, 5.41) is 13.9. The van der Waals surface area contributed by atoms with E-state index in [1.165, 1.54) is 29.7 Å². The van der Waals surface area contributed by atoms with E-state index in [-0.39, 0.29) is 6.10 Å². The van der Waals surface area contributed by atoms with Crippen LogP contribution in [0.3, 0.4) is 0 Å². The number of rotatable bonds is 3. The number of aliphatic hydroxyl groups excluding tert-OH is 1. The van der Waals surface area contributed by atoms with Gasteiger partial charge in [-0.3, -0.25) is 0 Å². The normalized spacial score (nSPS) is 18.4. The van der Waals surface area contributed by atoms with Gasteiger partial charge in [0.2, 0.25) is 0 Å². The number of aliphatic hydroxyl groups is 1. The number of nitrogens with zero attached hydrogens (tertiary/aromatic N) is 5. The molecule has 1 saturated carbocycles. The monoisotopic (exact) mass is 460 g/mol. The number of aromatic nitrogens is 5. The third kappa shape index (κ3) is 4.91. The van der Waals surface area contributed by atoms with Crippen molar-refractivity contribution in [2.45, 2.75) is 45.1 Å². The average Bonchev–Trinajstić information content (AvgIpc) is 3.53. The van der Waals surface area contributed by atoms with E-state index in [1.807, 2.05) is 47.5 Å². The molecule has 1 fully saturated rings. The number of fused-ring (bicyclic) bond motifs is 2. The van der Waals surface area contributed by atoms with E-state index in [2.05, 4.69) is 38.5 Å². The van der Waals surface area contributed by atoms with Crippen molar-refractivity contribution in [3.8, 4) is 5.69 Å². The first-order chi connectivity index (χ1) is 16.0. The highest BCUT2D eigenvalue weighted by molar-refractivity contribution is 7.22. The smallest absolute Gasteiger partial charge is 0.181 e. The van der Waals surface area contributed by atoms with Gasteiger partial charge in [-0.25, -0.2) is 14.6 Å². The molecular formula is C25H28N6OS. The van der Waals surface area contributed by atoms with Gasteiger partial charge < -0.3 is 15.2 Å². The van der Waals surface area contributed by atoms with Crippen molar-refractivity contribution >= 4 is 32.3 Å². The molecule has 8 heteroatoms. The molecule has 2 atom stereocenters. The van der Waals surface area contributed by atoms with E-state index in [1.54, 1.807) is 6.20 Å². The molecule has 3 N–H and O–H groups in total. The highest BCUT2D eigenvalue weighted by atomic mass is 32.1. The Hall–Kier alpha value is -3.23. The van der Waals surface area contributed by atoms with Gasteiger partial charge in [0.15, 0.2) is 5.13 Å². The number of hydrogen-bond donors (Lipinski definition) is 2. The molecule has 0 aliphatic heterocycles. The largest absolute Gasteiger partial charge is 0.393 e. The first-order valence-electron chi connectivity index (χ1n) is 11.3. The molecule has 33 heavy (non-hydrogen) atoms. The second kappa shape index (κ2) is 9.33. The van der Waals surface area contributed by atoms with E-state index in [0.717, 1.165) is 52.4 Å². The van der Waals surface area contributed by atoms with E-state index in [9.17, 15) is 0 Å². The zero-order chi connectivity index (χ0) is 22.8. The second-order valence-corrected chi connectivity index (χ2v) is 9.83. The molecule has 4 aromatic heterocycles. The van der Waals surface area contributed by atoms with Crippen LogP contribution in [-0.4, -0.2) is 35.4 Å². The summed E-state index contributed by atoms with van der Waals surface area (Å²) in [5.41, 5.74) is 11.0. The SMILES string of the molecule is C[C@@H]1CCC[C@@H](O)C1.Nc1nc2ccc(Cc3cnc4cc(-n5cccn5)ccn34)cc2s1. The lowest BCUT2D eigenvalue weighted by molar-refractivity contribution is 0.106. The molecule has 7 nitrogen and oxygen atoms in total. The second-order valence-electron chi connectivity index (χ2n) is 8.77. The molecule has 0 saturated heterocycles. The number of thiazole rings is 1. The summed E-state index contributed by atoms with van der Waals surface area (Å²) in [6.07, 6.45) is 13.1. The summed E-state index contributed by atoms with van der Waals surface area (Å²) in [5.74, 6) is 0.763. The zero-order valence-electron chi connectivity index (χ0n) is 18.6. The maximum absolute atomic E-state index is 9.08. The predicted octanol–water partition coefficient (Wildman–Crippen LogP) is 4.86. The van der Waals surface area contributed by atoms with Gasteiger partial charge in [0.1, 0.15) is 5.65 Å². The van der Waals surface area contributed by atoms with Crippen molar-refractivity contribution in [1.82, 2.24) is 24.1 Å². The molecule has 0 unspecified atom stereocenters. The summed E-state index contributed by atoms with van der Waals surface area (Å²) in [6, 6.07) is 12.3. The number of anilines is 1. The van der Waals surface area contributed by atoms with Crippen LogP contribution in [0.25, 0.3) is 21.6 Å². The highest BCUT2D eigenvalue weighted by Crippen LogP contribution is 2.26. The van der Waals surface area contributed by atoms with Crippen LogP contribution >= 0.6 is 11.3 Å². The van der Waals surface area contributed by atoms with Gasteiger partial charge in [-0.15, -0.1) is 0 Å². The standard InChI is InChI=1S/C18H14N6S.C7H14O/c19-18-22-15-3-2-12(9-16(15)25-18)8-14-11-20-17-10-13(4-7-23(14)17)24-6-1-5-21-24;1-6-3-2-4-7(8)5-6/h1-7,9-11H,8H2,(H2,19,22);6-8H,2-5H2,1H3/t;6-,7-/m.1/s1. The molecule has 1 aromatic carbocycles. The molecule has 0 spiro atoms. The van der Waals surface area contributed by atoms with Gasteiger partial charge in [-0.05, 0) is 48.6 Å². The lowest BCUT2D eigenvalue weighted by Crippen LogP contribution is -2.16. The van der Waals surface area contributed by atoms with Gasteiger partial charge in [-0.2, -0.15) is 5.10 Å². The Labute approximate surface area is 196 Å². The lowest BCUT2D eigenvalue weighted by atomic mass is 9.89. The minimum atomic E-state index is 0.0127. The minimum absolute atomic E-state index is 0.0127. The lowest BCUT2D eigenvalue weighted by Gasteiger charge is -2.21. The van der Waals surface area contributed by atoms with Crippen molar-refractivity contribution in [1.29, 1.82) is 0 Å². The maximum atomic E-state index is 9.08. The Kier molecular flexibility index (Phi) is 6.11. The van der Waals surface area contributed by atoms with Crippen LogP contribution in [0.2, 0.25) is 0 Å². The van der Waals surface area contributed by atoms with Crippen LogP contribution in [0.15, 0.2) is 61.2 Å². The fourth-order valence-electron chi connectivity index (χ4n) is 4.43. The molecular weight excluding hydrogens is 432 g/mol. The predicted molar refractivity (Wildman–Crippen MR) is 133 cm³/mol. The van der Waals surface area contributed by atoms with Crippen LogP contribution in [0.4, 0.5) is 5.13 Å². The third-order valence-electron chi connectivity index (χ3n) is 6.11. The number of nitrogens with two attached hydrogens (primary N) is 1. The Morgan fingerprint density at radius 1 is 1.18 bits per heavy atom. The highest BCUT2D eigenvalue weighted by Gasteiger charge is 2.15. The van der Waals surface area contributed by atoms with Crippen molar-refractivity contribution < 1.29 is 5.11 Å². The van der Waals surface area contributed by atoms with Gasteiger partial charge in [-0.1, -0.05) is 37.2 Å². The molecule has 4 heterocycles. The van der Waals surface area contributed by atoms with Crippen LogP contribution in [0.1, 0.15) is 43.9 Å². The summed E-state index contributed by atoms with van der Waals surface area (Å²) < 4.78 is 5.05. The summed E-state index contributed by atoms with van der Waals surface area (Å²) in [4.78, 5) is 8.85. The Morgan fingerprint density at radius 2 is 2.09 bits per heavy atom. The van der Waals surface area contributed by atoms with Crippen molar-refractivity contribution in [3.63, 3.8) is 0 Å². The van der Waals surface area contributed by atoms with Crippen molar-refractivity contribution in [3.05, 3.63) is 72.4 Å². The third-order valence-corrected chi connectivity index (χ3v) is 6.95. The van der Waals surface area contributed by atoms with Crippen LogP contribution in [-0.2, 0) is 6.42 Å². The Morgan fingerprint density at radius 3 is 2.85 bits per heavy atom. The molecule has 1 aliphatic rings. The molecule has 5 aromatic rings. The minimum Gasteiger partial charge on any atom is -0.393 e. The van der Waals surface area contributed by atoms with Crippen LogP contribution in [0.5, 0.6) is 0 Å². The number of benzene rings is 1. The van der Waals surface area contributed by atoms with E-state index < -0.39 is 0 Å². The Balaban J connectivity index is 0.000000243. The van der Waals surface area contributed by atoms with E-state index in [0.29, 0.717) is 5.13 Å². The van der Waals surface area contributed by atoms with Gasteiger partial charge in [0.25, 0.3) is 0 Å². The number of pyridine rings is 1. The Bertz CT molecular complexity index is 1350. The van der Waals surface area contributed by atoms with Gasteiger partial charge >= 0.3 is 0 Å². The van der Waals surface area contributed by atoms with E-state index >= 15 is 0 Å². The summed E-state index contributed by atoms with van der Waals surface area (Å²) in [7, 11) is 0. The molecule has 170 valence electrons. The number of hydrogen-bond acceptors (Lipinski definition) is 6. The van der Waals surface area contributed by atoms with Crippen LogP contribution in [0, 0.1) is 5.92 Å². The van der Waals surface area contributed by atoms with Gasteiger partial charge in [0, 0.05) is 43.0 Å². The first kappa shape index (κ1) is 21.6. The topological polar surface area (TPSA) is 94.3 Å². The fourth-order valence-corrected chi connectivity index (χ4v) is 5.22. The maximum Gasteiger partial charge on any atom is 0.181 e. The molecule has 0 amide bonds. The quantitative estimate of drug-likeness (QED) is 0.401. The number of imidazole rings is 1. The zero-order valence-corrected chi connectivity index (χ0v) is 19.4. The molecule has 6 rings (SSSR count). The molecule has 1 aliphatic carbocycles. The summed E-state index contributed by atoms with van der Waals surface area (Å²) in [6.45, 7) is 2.21. The summed E-state index contributed by atoms with van der Waals surface area (Å²) >= 11 is 1.52. The first-order valence-corrected chi connectivity index (χ1v) is 12.2. The average molecular weight is 461 g/mol.